The van der Waals surface area contributed by atoms with Crippen molar-refractivity contribution in [3.05, 3.63) is 52.9 Å². The molecule has 0 spiro atoms. The molecule has 1 aliphatic heterocycles. The van der Waals surface area contributed by atoms with Crippen molar-refractivity contribution in [2.24, 2.45) is 7.05 Å². The molecule has 5 nitrogen and oxygen atoms in total. The third-order valence-electron chi connectivity index (χ3n) is 4.78. The first-order valence-electron chi connectivity index (χ1n) is 8.08. The second-order valence-electron chi connectivity index (χ2n) is 7.18. The summed E-state index contributed by atoms with van der Waals surface area (Å²) in [6, 6.07) is 11.4. The highest BCUT2D eigenvalue weighted by atomic mass is 16.7. The van der Waals surface area contributed by atoms with Crippen LogP contribution in [0.5, 0.6) is 0 Å². The lowest BCUT2D eigenvalue weighted by atomic mass is 9.80. The Labute approximate surface area is 142 Å². The van der Waals surface area contributed by atoms with Gasteiger partial charge in [0, 0.05) is 24.4 Å². The zero-order chi connectivity index (χ0) is 17.5. The van der Waals surface area contributed by atoms with Gasteiger partial charge in [0.1, 0.15) is 5.69 Å². The van der Waals surface area contributed by atoms with Crippen molar-refractivity contribution in [2.45, 2.75) is 38.9 Å². The van der Waals surface area contributed by atoms with Crippen LogP contribution in [-0.4, -0.2) is 22.9 Å². The van der Waals surface area contributed by atoms with E-state index in [9.17, 15) is 4.79 Å². The van der Waals surface area contributed by atoms with Crippen LogP contribution in [0.15, 0.2) is 47.4 Å². The molecule has 2 aromatic rings. The first-order chi connectivity index (χ1) is 11.2. The average Bonchev–Trinajstić information content (AvgIpc) is 2.73. The summed E-state index contributed by atoms with van der Waals surface area (Å²) in [5.74, 6) is 0. The van der Waals surface area contributed by atoms with E-state index in [2.05, 4.69) is 5.32 Å². The Morgan fingerprint density at radius 1 is 1.04 bits per heavy atom. The molecule has 1 N–H and O–H groups in total. The summed E-state index contributed by atoms with van der Waals surface area (Å²) in [5.41, 5.74) is 1.24. The van der Waals surface area contributed by atoms with Gasteiger partial charge in [0.2, 0.25) is 0 Å². The first-order valence-corrected chi connectivity index (χ1v) is 8.08. The number of anilines is 2. The van der Waals surface area contributed by atoms with Crippen LogP contribution >= 0.6 is 0 Å². The van der Waals surface area contributed by atoms with Gasteiger partial charge < -0.3 is 19.2 Å². The van der Waals surface area contributed by atoms with Gasteiger partial charge in [0.05, 0.1) is 11.2 Å². The Bertz CT molecular complexity index is 784. The normalized spacial score (nSPS) is 18.6. The third-order valence-corrected chi connectivity index (χ3v) is 4.78. The lowest BCUT2D eigenvalue weighted by Gasteiger charge is -2.32. The highest BCUT2D eigenvalue weighted by Gasteiger charge is 2.51. The number of nitrogens with one attached hydrogen (secondary N) is 1. The number of benzene rings is 1. The minimum absolute atomic E-state index is 0.0980. The maximum Gasteiger partial charge on any atom is 0.496 e. The van der Waals surface area contributed by atoms with Gasteiger partial charge in [-0.2, -0.15) is 0 Å². The molecule has 1 aliphatic rings. The Morgan fingerprint density at radius 2 is 1.62 bits per heavy atom. The van der Waals surface area contributed by atoms with E-state index in [1.807, 2.05) is 58.0 Å². The summed E-state index contributed by atoms with van der Waals surface area (Å²) >= 11 is 0. The van der Waals surface area contributed by atoms with Crippen molar-refractivity contribution < 1.29 is 9.31 Å². The molecule has 0 bridgehead atoms. The molecule has 2 heterocycles. The number of aromatic nitrogens is 1. The largest absolute Gasteiger partial charge is 0.496 e. The fourth-order valence-corrected chi connectivity index (χ4v) is 2.61. The molecule has 0 aliphatic carbocycles. The van der Waals surface area contributed by atoms with Crippen LogP contribution in [0.3, 0.4) is 0 Å². The molecule has 24 heavy (non-hydrogen) atoms. The summed E-state index contributed by atoms with van der Waals surface area (Å²) in [6.45, 7) is 8.05. The fraction of sp³-hybridized carbons (Fsp3) is 0.389. The van der Waals surface area contributed by atoms with Gasteiger partial charge in [0.15, 0.2) is 0 Å². The van der Waals surface area contributed by atoms with Crippen molar-refractivity contribution in [2.75, 3.05) is 5.32 Å². The van der Waals surface area contributed by atoms with Crippen LogP contribution in [0.2, 0.25) is 0 Å². The van der Waals surface area contributed by atoms with Gasteiger partial charge in [-0.15, -0.1) is 0 Å². The van der Waals surface area contributed by atoms with Crippen LogP contribution in [-0.2, 0) is 16.4 Å². The van der Waals surface area contributed by atoms with Crippen molar-refractivity contribution in [3.63, 3.8) is 0 Å². The van der Waals surface area contributed by atoms with E-state index in [1.54, 1.807) is 23.9 Å². The van der Waals surface area contributed by atoms with Crippen LogP contribution in [0.1, 0.15) is 27.7 Å². The monoisotopic (exact) mass is 326 g/mol. The SMILES string of the molecule is Cn1cc(B2OC(C)(C)C(C)(C)O2)cc(Nc2ccccc2)c1=O. The van der Waals surface area contributed by atoms with E-state index in [0.29, 0.717) is 5.69 Å². The number of rotatable bonds is 3. The molecule has 1 fully saturated rings. The summed E-state index contributed by atoms with van der Waals surface area (Å²) in [7, 11) is 1.23. The van der Waals surface area contributed by atoms with Gasteiger partial charge in [-0.3, -0.25) is 4.79 Å². The standard InChI is InChI=1S/C18H23BN2O3/c1-17(2)18(3,4)24-19(23-17)13-11-15(16(22)21(5)12-13)20-14-9-7-6-8-10-14/h6-12,20H,1-5H3. The summed E-state index contributed by atoms with van der Waals surface area (Å²) in [5, 5.41) is 3.17. The fourth-order valence-electron chi connectivity index (χ4n) is 2.61. The Balaban J connectivity index is 1.95. The zero-order valence-electron chi connectivity index (χ0n) is 14.8. The molecule has 126 valence electrons. The number of nitrogens with zero attached hydrogens (tertiary/aromatic N) is 1. The van der Waals surface area contributed by atoms with E-state index in [0.717, 1.165) is 11.2 Å². The molecule has 1 aromatic carbocycles. The summed E-state index contributed by atoms with van der Waals surface area (Å²) < 4.78 is 13.7. The van der Waals surface area contributed by atoms with Crippen LogP contribution in [0.4, 0.5) is 11.4 Å². The van der Waals surface area contributed by atoms with Crippen LogP contribution in [0, 0.1) is 0 Å². The molecule has 0 radical (unpaired) electrons. The second-order valence-corrected chi connectivity index (χ2v) is 7.18. The van der Waals surface area contributed by atoms with Crippen molar-refractivity contribution in [3.8, 4) is 0 Å². The van der Waals surface area contributed by atoms with Crippen molar-refractivity contribution in [1.29, 1.82) is 0 Å². The number of aryl methyl sites for hydroxylation is 1. The molecule has 0 unspecified atom stereocenters. The van der Waals surface area contributed by atoms with Gasteiger partial charge in [-0.05, 0) is 45.9 Å². The molecule has 0 amide bonds. The van der Waals surface area contributed by atoms with E-state index >= 15 is 0 Å². The molecule has 0 atom stereocenters. The maximum atomic E-state index is 12.4. The lowest BCUT2D eigenvalue weighted by Crippen LogP contribution is -2.41. The second kappa shape index (κ2) is 5.79. The van der Waals surface area contributed by atoms with E-state index in [-0.39, 0.29) is 5.56 Å². The quantitative estimate of drug-likeness (QED) is 0.880. The summed E-state index contributed by atoms with van der Waals surface area (Å²) in [6.07, 6.45) is 1.76. The number of pyridine rings is 1. The van der Waals surface area contributed by atoms with Gasteiger partial charge in [-0.1, -0.05) is 18.2 Å². The lowest BCUT2D eigenvalue weighted by molar-refractivity contribution is 0.00578. The molecule has 1 aromatic heterocycles. The van der Waals surface area contributed by atoms with Crippen molar-refractivity contribution in [1.82, 2.24) is 4.57 Å². The Morgan fingerprint density at radius 3 is 2.21 bits per heavy atom. The van der Waals surface area contributed by atoms with Gasteiger partial charge in [-0.25, -0.2) is 0 Å². The van der Waals surface area contributed by atoms with Gasteiger partial charge >= 0.3 is 7.12 Å². The molecule has 6 heteroatoms. The van der Waals surface area contributed by atoms with Crippen LogP contribution in [0.25, 0.3) is 0 Å². The predicted molar refractivity (Wildman–Crippen MR) is 97.1 cm³/mol. The smallest absolute Gasteiger partial charge is 0.399 e. The Kier molecular flexibility index (Phi) is 4.05. The minimum atomic E-state index is -0.502. The molecule has 0 saturated carbocycles. The summed E-state index contributed by atoms with van der Waals surface area (Å²) in [4.78, 5) is 12.4. The van der Waals surface area contributed by atoms with E-state index in [4.69, 9.17) is 9.31 Å². The number of hydrogen-bond acceptors (Lipinski definition) is 4. The number of para-hydroxylation sites is 1. The van der Waals surface area contributed by atoms with Gasteiger partial charge in [0.25, 0.3) is 5.56 Å². The van der Waals surface area contributed by atoms with E-state index < -0.39 is 18.3 Å². The highest BCUT2D eigenvalue weighted by molar-refractivity contribution is 6.62. The third kappa shape index (κ3) is 2.99. The highest BCUT2D eigenvalue weighted by Crippen LogP contribution is 2.36. The van der Waals surface area contributed by atoms with Crippen molar-refractivity contribution >= 4 is 24.0 Å². The molecular weight excluding hydrogens is 303 g/mol. The average molecular weight is 326 g/mol. The Hall–Kier alpha value is -2.05. The van der Waals surface area contributed by atoms with E-state index in [1.165, 1.54) is 0 Å². The molecule has 3 rings (SSSR count). The molecular formula is C18H23BN2O3. The predicted octanol–water partition coefficient (Wildman–Crippen LogP) is 2.43. The van der Waals surface area contributed by atoms with Crippen LogP contribution < -0.4 is 16.3 Å². The maximum absolute atomic E-state index is 12.4. The number of hydrogen-bond donors (Lipinski definition) is 1. The topological polar surface area (TPSA) is 52.5 Å². The minimum Gasteiger partial charge on any atom is -0.399 e. The zero-order valence-corrected chi connectivity index (χ0v) is 14.8. The first kappa shape index (κ1) is 16.8. The molecule has 1 saturated heterocycles.